The number of hydrogen-bond acceptors (Lipinski definition) is 0. The number of halogens is 7. The Balaban J connectivity index is 4.40. The molecule has 0 aromatic carbocycles. The summed E-state index contributed by atoms with van der Waals surface area (Å²) < 4.78 is 66.8. The topological polar surface area (TPSA) is 0 Å². The van der Waals surface area contributed by atoms with Crippen molar-refractivity contribution in [3.63, 3.8) is 0 Å². The fraction of sp³-hybridized carbons (Fsp3) is 0.667. The van der Waals surface area contributed by atoms with E-state index in [2.05, 4.69) is 11.6 Å². The maximum Gasteiger partial charge on any atom is 0.443 e. The van der Waals surface area contributed by atoms with Gasteiger partial charge in [0.05, 0.1) is 0 Å². The first-order chi connectivity index (χ1) is 4.19. The summed E-state index contributed by atoms with van der Waals surface area (Å²) in [5, 5.41) is -5.01. The fourth-order valence-corrected chi connectivity index (χ4v) is 0.107. The van der Waals surface area contributed by atoms with Crippen molar-refractivity contribution in [3.05, 3.63) is 6.43 Å². The Bertz CT molecular complexity index is 115. The second-order valence-corrected chi connectivity index (χ2v) is 1.85. The smallest absolute Gasteiger partial charge is 0.209 e. The van der Waals surface area contributed by atoms with Crippen LogP contribution in [0.2, 0.25) is 0 Å². The molecule has 0 aromatic heterocycles. The maximum absolute atomic E-state index is 11.6. The maximum atomic E-state index is 11.6. The predicted molar refractivity (Wildman–Crippen MR) is 21.2 cm³/mol. The lowest BCUT2D eigenvalue weighted by molar-refractivity contribution is -0.209. The third-order valence-electron chi connectivity index (χ3n) is 0.593. The van der Waals surface area contributed by atoms with Gasteiger partial charge >= 0.3 is 17.7 Å². The molecule has 0 aliphatic heterocycles. The van der Waals surface area contributed by atoms with Gasteiger partial charge in [0.25, 0.3) is 0 Å². The molecule has 7 heteroatoms. The minimum Gasteiger partial charge on any atom is -0.209 e. The van der Waals surface area contributed by atoms with Crippen LogP contribution in [0.4, 0.5) is 26.3 Å². The summed E-state index contributed by atoms with van der Waals surface area (Å²) in [6.45, 7) is 0. The molecule has 0 nitrogen and oxygen atoms in total. The van der Waals surface area contributed by atoms with Gasteiger partial charge in [-0.25, -0.2) is 4.39 Å². The summed E-state index contributed by atoms with van der Waals surface area (Å²) in [6.07, 6.45) is -9.28. The van der Waals surface area contributed by atoms with Crippen LogP contribution in [0.3, 0.4) is 0 Å². The molecule has 0 bridgehead atoms. The van der Waals surface area contributed by atoms with Crippen LogP contribution in [-0.4, -0.2) is 11.3 Å². The van der Waals surface area contributed by atoms with Crippen LogP contribution in [0.15, 0.2) is 0 Å². The van der Waals surface area contributed by atoms with Crippen molar-refractivity contribution in [2.75, 3.05) is 0 Å². The molecule has 0 heterocycles. The molecule has 0 saturated heterocycles. The second kappa shape index (κ2) is 2.48. The van der Waals surface area contributed by atoms with Crippen LogP contribution >= 0.6 is 11.6 Å². The van der Waals surface area contributed by atoms with Crippen molar-refractivity contribution in [2.24, 2.45) is 0 Å². The van der Waals surface area contributed by atoms with Crippen LogP contribution in [-0.2, 0) is 0 Å². The third kappa shape index (κ3) is 1.68. The third-order valence-corrected chi connectivity index (χ3v) is 0.951. The van der Waals surface area contributed by atoms with E-state index in [9.17, 15) is 26.3 Å². The SMILES string of the molecule is F[C](F)C(F)(Cl)C(F)(F)F. The molecule has 1 atom stereocenters. The van der Waals surface area contributed by atoms with E-state index in [-0.39, 0.29) is 0 Å². The Morgan fingerprint density at radius 2 is 1.30 bits per heavy atom. The highest BCUT2D eigenvalue weighted by atomic mass is 35.5. The van der Waals surface area contributed by atoms with Crippen molar-refractivity contribution in [2.45, 2.75) is 11.3 Å². The van der Waals surface area contributed by atoms with Gasteiger partial charge in [-0.2, -0.15) is 22.0 Å². The van der Waals surface area contributed by atoms with Crippen LogP contribution in [0.1, 0.15) is 0 Å². The summed E-state index contributed by atoms with van der Waals surface area (Å²) in [6, 6.07) is 0. The van der Waals surface area contributed by atoms with Crippen LogP contribution < -0.4 is 0 Å². The highest BCUT2D eigenvalue weighted by Crippen LogP contribution is 2.45. The van der Waals surface area contributed by atoms with Gasteiger partial charge in [-0.3, -0.25) is 0 Å². The van der Waals surface area contributed by atoms with Crippen molar-refractivity contribution in [1.29, 1.82) is 0 Å². The van der Waals surface area contributed by atoms with Gasteiger partial charge in [0, 0.05) is 0 Å². The lowest BCUT2D eigenvalue weighted by Gasteiger charge is -2.17. The molecular weight excluding hydrogens is 185 g/mol. The van der Waals surface area contributed by atoms with Gasteiger partial charge < -0.3 is 0 Å². The monoisotopic (exact) mass is 185 g/mol. The zero-order valence-corrected chi connectivity index (χ0v) is 4.90. The van der Waals surface area contributed by atoms with Crippen molar-refractivity contribution in [1.82, 2.24) is 0 Å². The van der Waals surface area contributed by atoms with Crippen molar-refractivity contribution in [3.8, 4) is 0 Å². The highest BCUT2D eigenvalue weighted by Gasteiger charge is 2.63. The standard InChI is InChI=1S/C3ClF6/c4-2(7,1(5)6)3(8,9)10. The van der Waals surface area contributed by atoms with E-state index in [1.807, 2.05) is 0 Å². The van der Waals surface area contributed by atoms with Crippen LogP contribution in [0, 0.1) is 6.43 Å². The first kappa shape index (κ1) is 9.87. The lowest BCUT2D eigenvalue weighted by atomic mass is 10.4. The minimum absolute atomic E-state index is 3.51. The lowest BCUT2D eigenvalue weighted by Crippen LogP contribution is -2.37. The highest BCUT2D eigenvalue weighted by molar-refractivity contribution is 6.24. The fourth-order valence-electron chi connectivity index (χ4n) is 0.107. The quantitative estimate of drug-likeness (QED) is 0.435. The summed E-state index contributed by atoms with van der Waals surface area (Å²) in [4.78, 5) is 0. The molecular formula is C3ClF6. The molecule has 0 spiro atoms. The first-order valence-corrected chi connectivity index (χ1v) is 2.20. The Labute approximate surface area is 56.8 Å². The van der Waals surface area contributed by atoms with E-state index in [1.165, 1.54) is 0 Å². The van der Waals surface area contributed by atoms with E-state index < -0.39 is 17.7 Å². The molecule has 61 valence electrons. The summed E-state index contributed by atoms with van der Waals surface area (Å²) in [7, 11) is 0. The molecule has 0 fully saturated rings. The van der Waals surface area contributed by atoms with Crippen LogP contribution in [0.25, 0.3) is 0 Å². The van der Waals surface area contributed by atoms with Gasteiger partial charge in [-0.15, -0.1) is 0 Å². The van der Waals surface area contributed by atoms with E-state index in [0.29, 0.717) is 0 Å². The molecule has 0 aliphatic carbocycles. The molecule has 1 unspecified atom stereocenters. The number of hydrogen-bond donors (Lipinski definition) is 0. The zero-order chi connectivity index (χ0) is 8.58. The Morgan fingerprint density at radius 1 is 1.00 bits per heavy atom. The molecule has 10 heavy (non-hydrogen) atoms. The largest absolute Gasteiger partial charge is 0.443 e. The zero-order valence-electron chi connectivity index (χ0n) is 4.15. The Hall–Kier alpha value is -0.130. The van der Waals surface area contributed by atoms with E-state index in [0.717, 1.165) is 0 Å². The van der Waals surface area contributed by atoms with E-state index in [4.69, 9.17) is 0 Å². The first-order valence-electron chi connectivity index (χ1n) is 1.82. The Morgan fingerprint density at radius 3 is 1.30 bits per heavy atom. The van der Waals surface area contributed by atoms with E-state index >= 15 is 0 Å². The average molecular weight is 185 g/mol. The normalized spacial score (nSPS) is 19.2. The minimum atomic E-state index is -5.77. The predicted octanol–water partition coefficient (Wildman–Crippen LogP) is 2.88. The molecule has 0 aromatic rings. The van der Waals surface area contributed by atoms with Gasteiger partial charge in [0.15, 0.2) is 0 Å². The van der Waals surface area contributed by atoms with Crippen LogP contribution in [0.5, 0.6) is 0 Å². The molecule has 0 N–H and O–H groups in total. The summed E-state index contributed by atoms with van der Waals surface area (Å²) >= 11 is 3.77. The summed E-state index contributed by atoms with van der Waals surface area (Å²) in [5.41, 5.74) is 0. The van der Waals surface area contributed by atoms with E-state index in [1.54, 1.807) is 0 Å². The molecule has 1 radical (unpaired) electrons. The van der Waals surface area contributed by atoms with Gasteiger partial charge in [-0.1, -0.05) is 11.6 Å². The van der Waals surface area contributed by atoms with Crippen molar-refractivity contribution >= 4 is 11.6 Å². The molecule has 0 amide bonds. The van der Waals surface area contributed by atoms with Gasteiger partial charge in [0.2, 0.25) is 0 Å². The average Bonchev–Trinajstić information content (AvgIpc) is 1.62. The number of rotatable bonds is 1. The Kier molecular flexibility index (Phi) is 2.45. The second-order valence-electron chi connectivity index (χ2n) is 1.33. The number of alkyl halides is 5. The molecule has 0 saturated carbocycles. The molecule has 0 rings (SSSR count). The van der Waals surface area contributed by atoms with Crippen molar-refractivity contribution < 1.29 is 26.3 Å². The summed E-state index contributed by atoms with van der Waals surface area (Å²) in [5.74, 6) is 0. The molecule has 0 aliphatic rings. The van der Waals surface area contributed by atoms with Gasteiger partial charge in [-0.05, 0) is 0 Å². The van der Waals surface area contributed by atoms with Gasteiger partial charge in [0.1, 0.15) is 0 Å².